The second-order valence-electron chi connectivity index (χ2n) is 4.56. The van der Waals surface area contributed by atoms with E-state index < -0.39 is 5.91 Å². The molecule has 0 radical (unpaired) electrons. The van der Waals surface area contributed by atoms with Crippen molar-refractivity contribution in [2.24, 2.45) is 0 Å². The fourth-order valence-corrected chi connectivity index (χ4v) is 1.86. The van der Waals surface area contributed by atoms with Crippen molar-refractivity contribution in [2.45, 2.75) is 19.9 Å². The molecule has 0 aliphatic carbocycles. The second kappa shape index (κ2) is 4.68. The van der Waals surface area contributed by atoms with Gasteiger partial charge in [-0.25, -0.2) is 0 Å². The van der Waals surface area contributed by atoms with Crippen molar-refractivity contribution >= 4 is 17.7 Å². The zero-order valence-corrected chi connectivity index (χ0v) is 10.7. The Morgan fingerprint density at radius 3 is 2.53 bits per heavy atom. The molecule has 5 heteroatoms. The van der Waals surface area contributed by atoms with Crippen molar-refractivity contribution in [1.29, 1.82) is 0 Å². The number of imide groups is 1. The molecule has 0 saturated carbocycles. The third kappa shape index (κ3) is 2.40. The van der Waals surface area contributed by atoms with Gasteiger partial charge in [-0.1, -0.05) is 12.6 Å². The predicted molar refractivity (Wildman–Crippen MR) is 69.6 cm³/mol. The van der Waals surface area contributed by atoms with Crippen LogP contribution in [0.1, 0.15) is 46.2 Å². The Morgan fingerprint density at radius 1 is 1.26 bits per heavy atom. The highest BCUT2D eigenvalue weighted by molar-refractivity contribution is 6.21. The molecule has 0 bridgehead atoms. The van der Waals surface area contributed by atoms with Gasteiger partial charge in [0, 0.05) is 5.57 Å². The van der Waals surface area contributed by atoms with Crippen LogP contribution in [-0.4, -0.2) is 17.7 Å². The number of amides is 3. The average molecular weight is 258 g/mol. The van der Waals surface area contributed by atoms with E-state index in [1.165, 1.54) is 0 Å². The SMILES string of the molecule is C=C(C)C(=O)NC(C)c1ccc2c(c1)C(=O)NC2=O. The fourth-order valence-electron chi connectivity index (χ4n) is 1.86. The molecule has 0 fully saturated rings. The second-order valence-corrected chi connectivity index (χ2v) is 4.56. The lowest BCUT2D eigenvalue weighted by Gasteiger charge is -2.14. The van der Waals surface area contributed by atoms with E-state index in [1.807, 2.05) is 0 Å². The third-order valence-corrected chi connectivity index (χ3v) is 3.00. The molecule has 1 aliphatic rings. The molecular formula is C14H14N2O3. The van der Waals surface area contributed by atoms with Crippen molar-refractivity contribution in [3.05, 3.63) is 47.0 Å². The standard InChI is InChI=1S/C14H14N2O3/c1-7(2)12(17)15-8(3)9-4-5-10-11(6-9)14(19)16-13(10)18/h4-6,8H,1H2,2-3H3,(H,15,17)(H,16,18,19). The van der Waals surface area contributed by atoms with Crippen LogP contribution < -0.4 is 10.6 Å². The summed E-state index contributed by atoms with van der Waals surface area (Å²) in [6.07, 6.45) is 0. The summed E-state index contributed by atoms with van der Waals surface area (Å²) in [6.45, 7) is 6.99. The maximum absolute atomic E-state index is 11.5. The number of hydrogen-bond acceptors (Lipinski definition) is 3. The topological polar surface area (TPSA) is 75.3 Å². The fraction of sp³-hybridized carbons (Fsp3) is 0.214. The summed E-state index contributed by atoms with van der Waals surface area (Å²) < 4.78 is 0. The van der Waals surface area contributed by atoms with Crippen molar-refractivity contribution in [2.75, 3.05) is 0 Å². The number of carbonyl (C=O) groups is 3. The van der Waals surface area contributed by atoms with E-state index in [1.54, 1.807) is 32.0 Å². The quantitative estimate of drug-likeness (QED) is 0.634. The van der Waals surface area contributed by atoms with E-state index in [4.69, 9.17) is 0 Å². The third-order valence-electron chi connectivity index (χ3n) is 3.00. The lowest BCUT2D eigenvalue weighted by Crippen LogP contribution is -2.27. The molecule has 3 amide bonds. The highest BCUT2D eigenvalue weighted by Crippen LogP contribution is 2.21. The van der Waals surface area contributed by atoms with Gasteiger partial charge >= 0.3 is 0 Å². The van der Waals surface area contributed by atoms with Gasteiger partial charge < -0.3 is 5.32 Å². The van der Waals surface area contributed by atoms with Gasteiger partial charge in [0.05, 0.1) is 17.2 Å². The Kier molecular flexibility index (Phi) is 3.21. The summed E-state index contributed by atoms with van der Waals surface area (Å²) in [6, 6.07) is 4.67. The van der Waals surface area contributed by atoms with E-state index in [-0.39, 0.29) is 17.9 Å². The molecule has 5 nitrogen and oxygen atoms in total. The molecule has 1 aromatic rings. The minimum atomic E-state index is -0.403. The minimum absolute atomic E-state index is 0.242. The zero-order valence-electron chi connectivity index (χ0n) is 10.7. The number of hydrogen-bond donors (Lipinski definition) is 2. The predicted octanol–water partition coefficient (Wildman–Crippen LogP) is 1.32. The smallest absolute Gasteiger partial charge is 0.258 e. The molecule has 0 saturated heterocycles. The van der Waals surface area contributed by atoms with Gasteiger partial charge in [-0.3, -0.25) is 19.7 Å². The first-order chi connectivity index (χ1) is 8.90. The van der Waals surface area contributed by atoms with E-state index in [9.17, 15) is 14.4 Å². The molecule has 1 unspecified atom stereocenters. The monoisotopic (exact) mass is 258 g/mol. The Labute approximate surface area is 110 Å². The number of benzene rings is 1. The first-order valence-electron chi connectivity index (χ1n) is 5.86. The number of carbonyl (C=O) groups excluding carboxylic acids is 3. The molecule has 1 aromatic carbocycles. The molecule has 1 heterocycles. The van der Waals surface area contributed by atoms with Crippen LogP contribution in [0.3, 0.4) is 0 Å². The van der Waals surface area contributed by atoms with Crippen molar-refractivity contribution in [3.63, 3.8) is 0 Å². The largest absolute Gasteiger partial charge is 0.346 e. The van der Waals surface area contributed by atoms with Gasteiger partial charge in [0.15, 0.2) is 0 Å². The van der Waals surface area contributed by atoms with Crippen LogP contribution in [0.15, 0.2) is 30.4 Å². The molecule has 98 valence electrons. The lowest BCUT2D eigenvalue weighted by atomic mass is 10.0. The van der Waals surface area contributed by atoms with Gasteiger partial charge in [-0.05, 0) is 31.5 Å². The minimum Gasteiger partial charge on any atom is -0.346 e. The van der Waals surface area contributed by atoms with Crippen LogP contribution in [-0.2, 0) is 4.79 Å². The molecule has 1 aliphatic heterocycles. The molecule has 19 heavy (non-hydrogen) atoms. The molecule has 0 aromatic heterocycles. The van der Waals surface area contributed by atoms with Crippen molar-refractivity contribution in [1.82, 2.24) is 10.6 Å². The molecule has 2 N–H and O–H groups in total. The average Bonchev–Trinajstić information content (AvgIpc) is 2.64. The van der Waals surface area contributed by atoms with Crippen LogP contribution >= 0.6 is 0 Å². The molecule has 2 rings (SSSR count). The number of rotatable bonds is 3. The summed E-state index contributed by atoms with van der Waals surface area (Å²) in [4.78, 5) is 34.5. The lowest BCUT2D eigenvalue weighted by molar-refractivity contribution is -0.118. The van der Waals surface area contributed by atoms with Crippen LogP contribution in [0.5, 0.6) is 0 Å². The number of fused-ring (bicyclic) bond motifs is 1. The highest BCUT2D eigenvalue weighted by Gasteiger charge is 2.27. The van der Waals surface area contributed by atoms with Gasteiger partial charge in [0.2, 0.25) is 5.91 Å². The van der Waals surface area contributed by atoms with Crippen LogP contribution in [0, 0.1) is 0 Å². The van der Waals surface area contributed by atoms with E-state index in [2.05, 4.69) is 17.2 Å². The van der Waals surface area contributed by atoms with Crippen LogP contribution in [0.4, 0.5) is 0 Å². The molecule has 1 atom stereocenters. The van der Waals surface area contributed by atoms with E-state index in [0.717, 1.165) is 5.56 Å². The maximum Gasteiger partial charge on any atom is 0.258 e. The van der Waals surface area contributed by atoms with Gasteiger partial charge in [-0.2, -0.15) is 0 Å². The van der Waals surface area contributed by atoms with Crippen molar-refractivity contribution < 1.29 is 14.4 Å². The van der Waals surface area contributed by atoms with Crippen LogP contribution in [0.25, 0.3) is 0 Å². The van der Waals surface area contributed by atoms with Crippen molar-refractivity contribution in [3.8, 4) is 0 Å². The Bertz CT molecular complexity index is 605. The highest BCUT2D eigenvalue weighted by atomic mass is 16.2. The summed E-state index contributed by atoms with van der Waals surface area (Å²) in [7, 11) is 0. The Hall–Kier alpha value is -2.43. The van der Waals surface area contributed by atoms with Gasteiger partial charge in [-0.15, -0.1) is 0 Å². The first kappa shape index (κ1) is 13.0. The van der Waals surface area contributed by atoms with Gasteiger partial charge in [0.25, 0.3) is 11.8 Å². The zero-order chi connectivity index (χ0) is 14.2. The van der Waals surface area contributed by atoms with E-state index >= 15 is 0 Å². The maximum atomic E-state index is 11.5. The Morgan fingerprint density at radius 2 is 1.89 bits per heavy atom. The summed E-state index contributed by atoms with van der Waals surface area (Å²) in [5.41, 5.74) is 1.89. The summed E-state index contributed by atoms with van der Waals surface area (Å²) in [5, 5.41) is 4.99. The summed E-state index contributed by atoms with van der Waals surface area (Å²) >= 11 is 0. The van der Waals surface area contributed by atoms with E-state index in [0.29, 0.717) is 16.7 Å². The summed E-state index contributed by atoms with van der Waals surface area (Å²) in [5.74, 6) is -1.03. The normalized spacial score (nSPS) is 14.6. The molecule has 0 spiro atoms. The Balaban J connectivity index is 2.26. The molecular weight excluding hydrogens is 244 g/mol. The number of nitrogens with one attached hydrogen (secondary N) is 2. The van der Waals surface area contributed by atoms with Crippen LogP contribution in [0.2, 0.25) is 0 Å². The van der Waals surface area contributed by atoms with Gasteiger partial charge in [0.1, 0.15) is 0 Å². The first-order valence-corrected chi connectivity index (χ1v) is 5.86.